The van der Waals surface area contributed by atoms with Crippen LogP contribution in [-0.2, 0) is 45.3 Å². The summed E-state index contributed by atoms with van der Waals surface area (Å²) in [4.78, 5) is 30.1. The van der Waals surface area contributed by atoms with Gasteiger partial charge in [0.1, 0.15) is 36.3 Å². The Morgan fingerprint density at radius 3 is 1.55 bits per heavy atom. The standard InChI is InChI=1S/C62H77N13O2/c1-12-46-17-16-18-47(13-2)56(46)58-64-43(10)53(61(66-58)74-27-29-75(30-28-74)62-68-70-71-69-62)37-77-55-35-51(22-20-41(55)8)42(9)31-45-32-48(14-3)57(49(15-4)33-45)59-65-44(11)52(60(67-59)73-25-23-72(38-63)24-26-73)36-76-54-34-50(39(5)6)21-19-40(54)7/h16-22,32-35,39,42H,12-15,23-31,36-37H2,1-11H3,(H,68,69,70,71). The third kappa shape index (κ3) is 11.9. The summed E-state index contributed by atoms with van der Waals surface area (Å²) in [5, 5.41) is 24.6. The van der Waals surface area contributed by atoms with Crippen LogP contribution in [0.4, 0.5) is 17.6 Å². The molecule has 0 radical (unpaired) electrons. The van der Waals surface area contributed by atoms with Crippen molar-refractivity contribution in [2.24, 2.45) is 0 Å². The number of nitrogens with one attached hydrogen (secondary N) is 1. The first-order valence-electron chi connectivity index (χ1n) is 27.9. The number of ether oxygens (including phenoxy) is 2. The lowest BCUT2D eigenvalue weighted by molar-refractivity contribution is 0.300. The number of aryl methyl sites for hydroxylation is 8. The smallest absolute Gasteiger partial charge is 0.265 e. The molecule has 0 saturated carbocycles. The van der Waals surface area contributed by atoms with Gasteiger partial charge in [0.2, 0.25) is 0 Å². The van der Waals surface area contributed by atoms with Gasteiger partial charge >= 0.3 is 0 Å². The Morgan fingerprint density at radius 1 is 0.584 bits per heavy atom. The van der Waals surface area contributed by atoms with Crippen molar-refractivity contribution >= 4 is 17.6 Å². The van der Waals surface area contributed by atoms with E-state index in [1.165, 1.54) is 38.9 Å². The van der Waals surface area contributed by atoms with Gasteiger partial charge in [-0.1, -0.05) is 108 Å². The van der Waals surface area contributed by atoms with Crippen molar-refractivity contribution in [2.75, 3.05) is 67.1 Å². The van der Waals surface area contributed by atoms with E-state index >= 15 is 0 Å². The number of aromatic nitrogens is 8. The molecule has 9 rings (SSSR count). The molecule has 0 bridgehead atoms. The van der Waals surface area contributed by atoms with Gasteiger partial charge in [-0.25, -0.2) is 19.9 Å². The molecule has 7 aromatic rings. The lowest BCUT2D eigenvalue weighted by Crippen LogP contribution is -2.47. The van der Waals surface area contributed by atoms with E-state index in [2.05, 4.69) is 184 Å². The van der Waals surface area contributed by atoms with E-state index in [9.17, 15) is 5.26 Å². The zero-order valence-electron chi connectivity index (χ0n) is 47.3. The van der Waals surface area contributed by atoms with Crippen LogP contribution < -0.4 is 24.2 Å². The van der Waals surface area contributed by atoms with E-state index < -0.39 is 0 Å². The van der Waals surface area contributed by atoms with Crippen molar-refractivity contribution in [1.82, 2.24) is 45.5 Å². The Morgan fingerprint density at radius 2 is 1.06 bits per heavy atom. The molecule has 1 atom stereocenters. The lowest BCUT2D eigenvalue weighted by atomic mass is 9.88. The fourth-order valence-corrected chi connectivity index (χ4v) is 11.0. The van der Waals surface area contributed by atoms with Crippen LogP contribution in [0, 0.1) is 39.1 Å². The summed E-state index contributed by atoms with van der Waals surface area (Å²) in [6.45, 7) is 30.3. The maximum absolute atomic E-state index is 9.71. The van der Waals surface area contributed by atoms with Gasteiger partial charge in [-0.2, -0.15) is 10.5 Å². The lowest BCUT2D eigenvalue weighted by Gasteiger charge is -2.36. The maximum atomic E-state index is 9.71. The molecule has 15 heteroatoms. The Balaban J connectivity index is 0.978. The van der Waals surface area contributed by atoms with Gasteiger partial charge in [-0.15, -0.1) is 5.10 Å². The van der Waals surface area contributed by atoms with Gasteiger partial charge < -0.3 is 29.1 Å². The molecular weight excluding hydrogens is 959 g/mol. The second kappa shape index (κ2) is 24.2. The number of hydrogen-bond donors (Lipinski definition) is 1. The largest absolute Gasteiger partial charge is 0.488 e. The summed E-state index contributed by atoms with van der Waals surface area (Å²) in [5.41, 5.74) is 17.0. The highest BCUT2D eigenvalue weighted by Crippen LogP contribution is 2.37. The zero-order valence-corrected chi connectivity index (χ0v) is 47.3. The van der Waals surface area contributed by atoms with E-state index in [1.54, 1.807) is 0 Å². The van der Waals surface area contributed by atoms with Crippen LogP contribution in [0.3, 0.4) is 0 Å². The molecule has 0 spiro atoms. The van der Waals surface area contributed by atoms with Crippen LogP contribution in [0.25, 0.3) is 22.8 Å². The number of benzene rings is 4. The van der Waals surface area contributed by atoms with E-state index in [4.69, 9.17) is 29.4 Å². The van der Waals surface area contributed by atoms with E-state index in [1.807, 2.05) is 4.90 Å². The highest BCUT2D eigenvalue weighted by molar-refractivity contribution is 5.70. The maximum Gasteiger partial charge on any atom is 0.265 e. The molecule has 1 N–H and O–H groups in total. The first-order valence-corrected chi connectivity index (χ1v) is 27.9. The normalized spacial score (nSPS) is 14.3. The number of nitrogens with zero attached hydrogens (tertiary/aromatic N) is 12. The average molecular weight is 1040 g/mol. The van der Waals surface area contributed by atoms with Crippen molar-refractivity contribution in [3.63, 3.8) is 0 Å². The summed E-state index contributed by atoms with van der Waals surface area (Å²) in [7, 11) is 0. The van der Waals surface area contributed by atoms with Gasteiger partial charge in [0.15, 0.2) is 17.8 Å². The van der Waals surface area contributed by atoms with Crippen LogP contribution in [0.5, 0.6) is 11.5 Å². The third-order valence-electron chi connectivity index (χ3n) is 15.8. The minimum Gasteiger partial charge on any atom is -0.488 e. The second-order valence-corrected chi connectivity index (χ2v) is 21.2. The number of anilines is 3. The number of aromatic amines is 1. The molecular formula is C62H77N13O2. The first-order chi connectivity index (χ1) is 37.3. The predicted octanol–water partition coefficient (Wildman–Crippen LogP) is 11.2. The van der Waals surface area contributed by atoms with Crippen molar-refractivity contribution in [2.45, 2.75) is 133 Å². The van der Waals surface area contributed by atoms with E-state index in [0.29, 0.717) is 51.3 Å². The Hall–Kier alpha value is -7.60. The zero-order chi connectivity index (χ0) is 54.3. The Labute approximate surface area is 456 Å². The summed E-state index contributed by atoms with van der Waals surface area (Å²) >= 11 is 0. The number of hydrogen-bond acceptors (Lipinski definition) is 14. The third-order valence-corrected chi connectivity index (χ3v) is 15.8. The van der Waals surface area contributed by atoms with Gasteiger partial charge in [0.25, 0.3) is 5.95 Å². The van der Waals surface area contributed by atoms with Gasteiger partial charge in [-0.3, -0.25) is 0 Å². The van der Waals surface area contributed by atoms with Crippen LogP contribution in [0.15, 0.2) is 66.7 Å². The molecule has 0 aliphatic carbocycles. The predicted molar refractivity (Wildman–Crippen MR) is 307 cm³/mol. The van der Waals surface area contributed by atoms with Gasteiger partial charge in [-0.05, 0) is 139 Å². The highest BCUT2D eigenvalue weighted by atomic mass is 16.5. The molecule has 2 fully saturated rings. The monoisotopic (exact) mass is 1040 g/mol. The average Bonchev–Trinajstić information content (AvgIpc) is 4.03. The molecule has 2 aliphatic heterocycles. The molecule has 3 aromatic heterocycles. The number of rotatable bonds is 19. The Kier molecular flexibility index (Phi) is 17.0. The first kappa shape index (κ1) is 54.2. The number of nitriles is 1. The van der Waals surface area contributed by atoms with Gasteiger partial charge in [0.05, 0.1) is 22.5 Å². The molecule has 2 aliphatic rings. The van der Waals surface area contributed by atoms with Crippen LogP contribution in [-0.4, -0.2) is 97.8 Å². The van der Waals surface area contributed by atoms with Gasteiger partial charge in [0, 0.05) is 63.5 Å². The summed E-state index contributed by atoms with van der Waals surface area (Å²) in [6, 6.07) is 24.5. The fourth-order valence-electron chi connectivity index (χ4n) is 11.0. The van der Waals surface area contributed by atoms with Crippen molar-refractivity contribution in [3.8, 4) is 40.5 Å². The highest BCUT2D eigenvalue weighted by Gasteiger charge is 2.28. The minimum atomic E-state index is 0.210. The molecule has 2 saturated heterocycles. The van der Waals surface area contributed by atoms with Crippen LogP contribution >= 0.6 is 0 Å². The summed E-state index contributed by atoms with van der Waals surface area (Å²) < 4.78 is 13.5. The van der Waals surface area contributed by atoms with Crippen molar-refractivity contribution in [1.29, 1.82) is 5.26 Å². The number of piperazine rings is 2. The molecule has 402 valence electrons. The fraction of sp³-hybridized carbons (Fsp3) is 0.452. The van der Waals surface area contributed by atoms with Crippen LogP contribution in [0.1, 0.15) is 133 Å². The molecule has 4 aromatic carbocycles. The molecule has 77 heavy (non-hydrogen) atoms. The molecule has 1 unspecified atom stereocenters. The van der Waals surface area contributed by atoms with Crippen molar-refractivity contribution in [3.05, 3.63) is 139 Å². The number of tetrazole rings is 1. The quantitative estimate of drug-likeness (QED) is 0.0762. The van der Waals surface area contributed by atoms with Crippen LogP contribution in [0.2, 0.25) is 0 Å². The van der Waals surface area contributed by atoms with E-state index in [0.717, 1.165) is 138 Å². The number of H-pyrrole nitrogens is 1. The second-order valence-electron chi connectivity index (χ2n) is 21.2. The molecule has 15 nitrogen and oxygen atoms in total. The van der Waals surface area contributed by atoms with Crippen molar-refractivity contribution < 1.29 is 9.47 Å². The molecule has 0 amide bonds. The SMILES string of the molecule is CCc1cc(CC(C)c2ccc(C)c(OCc3c(C)nc(-c4c(CC)cccc4CC)nc3N3CCN(c4nn[nH]n4)CC3)c2)cc(CC)c1-c1nc(C)c(COc2cc(C(C)C)ccc2C)c(N2CCN(C#N)CC2)n1. The van der Waals surface area contributed by atoms with E-state index in [-0.39, 0.29) is 5.92 Å². The Bertz CT molecular complexity index is 3170. The minimum absolute atomic E-state index is 0.210. The topological polar surface area (TPSA) is 161 Å². The molecule has 5 heterocycles. The summed E-state index contributed by atoms with van der Waals surface area (Å²) in [5.74, 6) is 6.27. The summed E-state index contributed by atoms with van der Waals surface area (Å²) in [6.07, 6.45) is 6.68.